The SMILES string of the molecule is C1CCCC(C2CNCC3(CCCCC3)O2)CC1. The molecule has 1 spiro atoms. The molecular formula is C16H29NO. The number of rotatable bonds is 1. The van der Waals surface area contributed by atoms with Crippen molar-refractivity contribution in [2.45, 2.75) is 82.3 Å². The normalized spacial score (nSPS) is 34.3. The minimum absolute atomic E-state index is 0.216. The summed E-state index contributed by atoms with van der Waals surface area (Å²) in [5.74, 6) is 0.833. The first-order chi connectivity index (χ1) is 8.88. The molecule has 1 saturated heterocycles. The zero-order chi connectivity index (χ0) is 12.3. The molecule has 3 aliphatic rings. The highest BCUT2D eigenvalue weighted by Gasteiger charge is 2.40. The smallest absolute Gasteiger partial charge is 0.0810 e. The summed E-state index contributed by atoms with van der Waals surface area (Å²) in [6, 6.07) is 0. The molecule has 3 rings (SSSR count). The first kappa shape index (κ1) is 12.9. The summed E-state index contributed by atoms with van der Waals surface area (Å²) in [5, 5.41) is 3.69. The number of nitrogens with one attached hydrogen (secondary N) is 1. The standard InChI is InChI=1S/C16H29NO/c1-2-5-9-14(8-4-1)15-12-17-13-16(18-15)10-6-3-7-11-16/h14-15,17H,1-13H2. The van der Waals surface area contributed by atoms with Crippen molar-refractivity contribution in [3.63, 3.8) is 0 Å². The van der Waals surface area contributed by atoms with Gasteiger partial charge >= 0.3 is 0 Å². The van der Waals surface area contributed by atoms with Crippen LogP contribution in [-0.2, 0) is 4.74 Å². The number of hydrogen-bond acceptors (Lipinski definition) is 2. The molecule has 2 aliphatic carbocycles. The number of ether oxygens (including phenoxy) is 1. The van der Waals surface area contributed by atoms with E-state index in [1.807, 2.05) is 0 Å². The van der Waals surface area contributed by atoms with Gasteiger partial charge in [0.05, 0.1) is 11.7 Å². The van der Waals surface area contributed by atoms with Gasteiger partial charge in [-0.3, -0.25) is 0 Å². The van der Waals surface area contributed by atoms with Crippen LogP contribution >= 0.6 is 0 Å². The number of morpholine rings is 1. The summed E-state index contributed by atoms with van der Waals surface area (Å²) in [5.41, 5.74) is 0.216. The van der Waals surface area contributed by atoms with Gasteiger partial charge in [-0.25, -0.2) is 0 Å². The van der Waals surface area contributed by atoms with Crippen molar-refractivity contribution in [3.05, 3.63) is 0 Å². The van der Waals surface area contributed by atoms with Crippen LogP contribution in [0.5, 0.6) is 0 Å². The van der Waals surface area contributed by atoms with Gasteiger partial charge in [0.15, 0.2) is 0 Å². The fourth-order valence-corrected chi connectivity index (χ4v) is 4.28. The van der Waals surface area contributed by atoms with Gasteiger partial charge in [0.1, 0.15) is 0 Å². The molecule has 0 radical (unpaired) electrons. The van der Waals surface area contributed by atoms with Gasteiger partial charge in [0.2, 0.25) is 0 Å². The van der Waals surface area contributed by atoms with E-state index >= 15 is 0 Å². The Hall–Kier alpha value is -0.0800. The lowest BCUT2D eigenvalue weighted by Gasteiger charge is -2.46. The molecule has 18 heavy (non-hydrogen) atoms. The third-order valence-electron chi connectivity index (χ3n) is 5.38. The molecule has 3 fully saturated rings. The molecule has 2 nitrogen and oxygen atoms in total. The third-order valence-corrected chi connectivity index (χ3v) is 5.38. The molecule has 2 heteroatoms. The zero-order valence-corrected chi connectivity index (χ0v) is 11.8. The van der Waals surface area contributed by atoms with Crippen LogP contribution in [0.25, 0.3) is 0 Å². The fourth-order valence-electron chi connectivity index (χ4n) is 4.28. The highest BCUT2D eigenvalue weighted by Crippen LogP contribution is 2.37. The second-order valence-corrected chi connectivity index (χ2v) is 6.78. The summed E-state index contributed by atoms with van der Waals surface area (Å²) in [6.45, 7) is 2.21. The molecule has 1 aliphatic heterocycles. The minimum Gasteiger partial charge on any atom is -0.369 e. The molecule has 0 aromatic heterocycles. The highest BCUT2D eigenvalue weighted by molar-refractivity contribution is 4.93. The van der Waals surface area contributed by atoms with Gasteiger partial charge in [-0.1, -0.05) is 44.9 Å². The quantitative estimate of drug-likeness (QED) is 0.718. The second kappa shape index (κ2) is 5.92. The first-order valence-electron chi connectivity index (χ1n) is 8.27. The Kier molecular flexibility index (Phi) is 4.25. The summed E-state index contributed by atoms with van der Waals surface area (Å²) < 4.78 is 6.65. The van der Waals surface area contributed by atoms with E-state index in [1.54, 1.807) is 0 Å². The van der Waals surface area contributed by atoms with Crippen molar-refractivity contribution in [2.24, 2.45) is 5.92 Å². The van der Waals surface area contributed by atoms with Crippen molar-refractivity contribution in [1.82, 2.24) is 5.32 Å². The predicted octanol–water partition coefficient (Wildman–Crippen LogP) is 3.65. The lowest BCUT2D eigenvalue weighted by Crippen LogP contribution is -2.56. The van der Waals surface area contributed by atoms with Crippen LogP contribution in [-0.4, -0.2) is 24.8 Å². The highest BCUT2D eigenvalue weighted by atomic mass is 16.5. The average Bonchev–Trinajstić information content (AvgIpc) is 2.68. The fraction of sp³-hybridized carbons (Fsp3) is 1.00. The largest absolute Gasteiger partial charge is 0.369 e. The lowest BCUT2D eigenvalue weighted by molar-refractivity contribution is -0.152. The maximum Gasteiger partial charge on any atom is 0.0810 e. The number of hydrogen-bond donors (Lipinski definition) is 1. The summed E-state index contributed by atoms with van der Waals surface area (Å²) in [7, 11) is 0. The average molecular weight is 251 g/mol. The van der Waals surface area contributed by atoms with E-state index in [1.165, 1.54) is 70.6 Å². The van der Waals surface area contributed by atoms with Crippen molar-refractivity contribution in [1.29, 1.82) is 0 Å². The van der Waals surface area contributed by atoms with E-state index in [0.717, 1.165) is 19.0 Å². The monoisotopic (exact) mass is 251 g/mol. The summed E-state index contributed by atoms with van der Waals surface area (Å²) in [6.07, 6.45) is 15.8. The molecule has 1 N–H and O–H groups in total. The van der Waals surface area contributed by atoms with Crippen molar-refractivity contribution in [3.8, 4) is 0 Å². The van der Waals surface area contributed by atoms with Gasteiger partial charge in [-0.05, 0) is 31.6 Å². The maximum atomic E-state index is 6.65. The molecule has 0 aromatic rings. The van der Waals surface area contributed by atoms with Crippen molar-refractivity contribution in [2.75, 3.05) is 13.1 Å². The first-order valence-corrected chi connectivity index (χ1v) is 8.27. The third kappa shape index (κ3) is 2.91. The lowest BCUT2D eigenvalue weighted by atomic mass is 9.82. The predicted molar refractivity (Wildman–Crippen MR) is 74.8 cm³/mol. The van der Waals surface area contributed by atoms with Crippen LogP contribution in [0.1, 0.15) is 70.6 Å². The van der Waals surface area contributed by atoms with E-state index in [-0.39, 0.29) is 5.60 Å². The minimum atomic E-state index is 0.216. The molecule has 104 valence electrons. The van der Waals surface area contributed by atoms with Gasteiger partial charge < -0.3 is 10.1 Å². The van der Waals surface area contributed by atoms with Crippen molar-refractivity contribution < 1.29 is 4.74 Å². The van der Waals surface area contributed by atoms with Gasteiger partial charge in [-0.2, -0.15) is 0 Å². The Balaban J connectivity index is 1.61. The van der Waals surface area contributed by atoms with Crippen LogP contribution in [0.15, 0.2) is 0 Å². The van der Waals surface area contributed by atoms with Crippen molar-refractivity contribution >= 4 is 0 Å². The topological polar surface area (TPSA) is 21.3 Å². The zero-order valence-electron chi connectivity index (χ0n) is 11.8. The second-order valence-electron chi connectivity index (χ2n) is 6.78. The Morgan fingerprint density at radius 2 is 1.50 bits per heavy atom. The molecule has 1 atom stereocenters. The van der Waals surface area contributed by atoms with E-state index in [4.69, 9.17) is 4.74 Å². The van der Waals surface area contributed by atoms with E-state index in [2.05, 4.69) is 5.32 Å². The van der Waals surface area contributed by atoms with Crippen LogP contribution in [0.4, 0.5) is 0 Å². The molecule has 0 bridgehead atoms. The van der Waals surface area contributed by atoms with E-state index < -0.39 is 0 Å². The Morgan fingerprint density at radius 3 is 2.22 bits per heavy atom. The van der Waals surface area contributed by atoms with Gasteiger partial charge in [-0.15, -0.1) is 0 Å². The van der Waals surface area contributed by atoms with Gasteiger partial charge in [0.25, 0.3) is 0 Å². The van der Waals surface area contributed by atoms with Crippen LogP contribution in [0.2, 0.25) is 0 Å². The van der Waals surface area contributed by atoms with Gasteiger partial charge in [0, 0.05) is 13.1 Å². The molecule has 1 heterocycles. The molecule has 0 aromatic carbocycles. The summed E-state index contributed by atoms with van der Waals surface area (Å²) >= 11 is 0. The Morgan fingerprint density at radius 1 is 0.833 bits per heavy atom. The van der Waals surface area contributed by atoms with E-state index in [0.29, 0.717) is 6.10 Å². The Bertz CT molecular complexity index is 246. The molecule has 0 amide bonds. The van der Waals surface area contributed by atoms with E-state index in [9.17, 15) is 0 Å². The van der Waals surface area contributed by atoms with Crippen LogP contribution in [0, 0.1) is 5.92 Å². The van der Waals surface area contributed by atoms with Crippen LogP contribution < -0.4 is 5.32 Å². The molecule has 1 unspecified atom stereocenters. The van der Waals surface area contributed by atoms with Crippen LogP contribution in [0.3, 0.4) is 0 Å². The molecule has 2 saturated carbocycles. The Labute approximate surface area is 112 Å². The summed E-state index contributed by atoms with van der Waals surface area (Å²) in [4.78, 5) is 0. The maximum absolute atomic E-state index is 6.65. The molecular weight excluding hydrogens is 222 g/mol.